The number of halogens is 3. The van der Waals surface area contributed by atoms with Crippen LogP contribution in [0.5, 0.6) is 40.2 Å². The van der Waals surface area contributed by atoms with E-state index in [9.17, 15) is 0 Å². The maximum atomic E-state index is 8.63. The van der Waals surface area contributed by atoms with Gasteiger partial charge in [-0.15, -0.1) is 0 Å². The first kappa shape index (κ1) is 48.4. The molecule has 0 atom stereocenters. The molecule has 0 saturated carbocycles. The zero-order valence-electron chi connectivity index (χ0n) is 29.9. The molecule has 0 bridgehead atoms. The monoisotopic (exact) mass is 1010 g/mol. The molecule has 0 aromatic heterocycles. The molecule has 53 heavy (non-hydrogen) atoms. The number of phenols is 1. The zero-order chi connectivity index (χ0) is 36.8. The van der Waals surface area contributed by atoms with E-state index in [2.05, 4.69) is 63.7 Å². The Morgan fingerprint density at radius 1 is 0.509 bits per heavy atom. The molecule has 6 aromatic carbocycles. The summed E-state index contributed by atoms with van der Waals surface area (Å²) in [6.45, 7) is 1.01. The van der Waals surface area contributed by atoms with E-state index < -0.39 is 0 Å². The van der Waals surface area contributed by atoms with Crippen LogP contribution in [-0.2, 0) is 50.1 Å². The maximum absolute atomic E-state index is 8.63. The van der Waals surface area contributed by atoms with Gasteiger partial charge in [-0.25, -0.2) is 0 Å². The molecule has 0 saturated heterocycles. The fourth-order valence-corrected chi connectivity index (χ4v) is 5.82. The van der Waals surface area contributed by atoms with Crippen LogP contribution in [0.2, 0.25) is 0 Å². The number of hydrogen-bond donors (Lipinski definition) is 1. The first-order chi connectivity index (χ1) is 24.8. The van der Waals surface area contributed by atoms with Crippen molar-refractivity contribution in [3.05, 3.63) is 170 Å². The minimum atomic E-state index is 0. The van der Waals surface area contributed by atoms with Crippen molar-refractivity contribution in [2.24, 2.45) is 0 Å². The quantitative estimate of drug-likeness (QED) is 0.137. The Hall–Kier alpha value is -2.60. The van der Waals surface area contributed by atoms with Crippen molar-refractivity contribution in [2.75, 3.05) is 14.2 Å². The Morgan fingerprint density at radius 3 is 1.28 bits per heavy atom. The van der Waals surface area contributed by atoms with Crippen LogP contribution in [0.15, 0.2) is 159 Å². The summed E-state index contributed by atoms with van der Waals surface area (Å²) in [5, 5.41) is 8.63. The van der Waals surface area contributed by atoms with Crippen molar-refractivity contribution in [2.45, 2.75) is 13.2 Å². The first-order valence-corrected chi connectivity index (χ1v) is 17.9. The third-order valence-corrected chi connectivity index (χ3v) is 7.92. The predicted molar refractivity (Wildman–Crippen MR) is 207 cm³/mol. The Kier molecular flexibility index (Phi) is 25.5. The minimum absolute atomic E-state index is 0. The van der Waals surface area contributed by atoms with Crippen LogP contribution in [0.4, 0.5) is 0 Å². The van der Waals surface area contributed by atoms with Crippen LogP contribution in [0, 0.1) is 0 Å². The van der Waals surface area contributed by atoms with E-state index in [1.165, 1.54) is 0 Å². The molecule has 7 nitrogen and oxygen atoms in total. The molecule has 0 spiro atoms. The molecule has 0 aliphatic carbocycles. The molecule has 0 aliphatic heterocycles. The Labute approximate surface area is 378 Å². The molecule has 0 heterocycles. The number of aromatic hydroxyl groups is 1. The van der Waals surface area contributed by atoms with Crippen LogP contribution in [0.1, 0.15) is 12.6 Å². The van der Waals surface area contributed by atoms with E-state index in [4.69, 9.17) is 32.6 Å². The molecule has 13 heteroatoms. The summed E-state index contributed by atoms with van der Waals surface area (Å²) >= 11 is 13.3. The molecule has 1 N–H and O–H groups in total. The van der Waals surface area contributed by atoms with Gasteiger partial charge in [0.2, 0.25) is 0 Å². The van der Waals surface area contributed by atoms with Gasteiger partial charge < -0.3 is 30.2 Å². The molecule has 1 radical (unpaired) electrons. The number of rotatable bonds is 10. The molecular formula is C40H36Br3Cu2NaO7. The van der Waals surface area contributed by atoms with Crippen molar-refractivity contribution < 1.29 is 96.6 Å². The van der Waals surface area contributed by atoms with E-state index in [1.54, 1.807) is 38.5 Å². The standard InChI is InChI=1S/C20H17BrO3.C14H12Br2O2.C6H6O.2Cu.Na.O.H/c1-22-17-9-7-15(8-10-17)14-23-19-11-16(21)12-20(13-19)24-18-5-3-2-4-6-18;1-17-13-4-2-10(3-5-13)9-18-14-7-11(15)6-12(16)8-14;7-6-4-2-1-3-5-6;;;;;/h2-13H,14H2,1H3;2-8H,9H2,1H3;1-5,7H;;;;;/q;;;;;+1;;-1. The molecule has 0 aliphatic rings. The number of hydrogen-bond acceptors (Lipinski definition) is 7. The van der Waals surface area contributed by atoms with E-state index in [-0.39, 0.29) is 48.1 Å². The van der Waals surface area contributed by atoms with E-state index in [1.807, 2.05) is 121 Å². The first-order valence-electron chi connectivity index (χ1n) is 15.2. The molecule has 0 unspecified atom stereocenters. The Morgan fingerprint density at radius 2 is 0.887 bits per heavy atom. The van der Waals surface area contributed by atoms with Crippen LogP contribution in [0.3, 0.4) is 0 Å². The van der Waals surface area contributed by atoms with Gasteiger partial charge in [-0.2, -0.15) is 0 Å². The number of ether oxygens (including phenoxy) is 5. The van der Waals surface area contributed by atoms with Crippen molar-refractivity contribution in [3.63, 3.8) is 0 Å². The molecule has 6 aromatic rings. The van der Waals surface area contributed by atoms with Gasteiger partial charge in [0.1, 0.15) is 53.5 Å². The Bertz CT molecular complexity index is 1860. The summed E-state index contributed by atoms with van der Waals surface area (Å²) in [7, 11) is 3.31. The van der Waals surface area contributed by atoms with Gasteiger partial charge in [0, 0.05) is 36.6 Å². The van der Waals surface area contributed by atoms with Crippen LogP contribution >= 0.6 is 47.8 Å². The number of methoxy groups -OCH3 is 2. The van der Waals surface area contributed by atoms with Gasteiger partial charge >= 0.3 is 49.3 Å². The molecular weight excluding hydrogens is 982 g/mol. The second-order valence-corrected chi connectivity index (χ2v) is 13.0. The number of benzene rings is 6. The van der Waals surface area contributed by atoms with E-state index >= 15 is 0 Å². The second kappa shape index (κ2) is 27.9. The summed E-state index contributed by atoms with van der Waals surface area (Å²) in [4.78, 5) is 0. The molecule has 0 amide bonds. The zero-order valence-corrected chi connectivity index (χ0v) is 37.5. The summed E-state index contributed by atoms with van der Waals surface area (Å²) in [5.41, 5.74) is 2.17. The van der Waals surface area contributed by atoms with Gasteiger partial charge in [-0.3, -0.25) is 0 Å². The van der Waals surface area contributed by atoms with E-state index in [0.29, 0.717) is 19.0 Å². The van der Waals surface area contributed by atoms with Gasteiger partial charge in [0.15, 0.2) is 0 Å². The fraction of sp³-hybridized carbons (Fsp3) is 0.100. The number of phenolic OH excluding ortho intramolecular Hbond substituents is 1. The average molecular weight is 1020 g/mol. The van der Waals surface area contributed by atoms with Gasteiger partial charge in [0.05, 0.1) is 14.2 Å². The predicted octanol–water partition coefficient (Wildman–Crippen LogP) is 9.01. The third kappa shape index (κ3) is 19.5. The SMILES string of the molecule is COc1ccc(COc2cc(Br)cc(Br)c2)cc1.COc1ccc(COc2cc(Br)cc(Oc3ccccc3)c2)cc1.Oc1ccccc1.[Cu].[H-].[Na+].[O]=[Cu]. The summed E-state index contributed by atoms with van der Waals surface area (Å²) in [6, 6.07) is 45.6. The van der Waals surface area contributed by atoms with Crippen molar-refractivity contribution in [3.8, 4) is 40.2 Å². The van der Waals surface area contributed by atoms with Crippen LogP contribution in [0.25, 0.3) is 0 Å². The fourth-order valence-electron chi connectivity index (χ4n) is 4.12. The normalized spacial score (nSPS) is 9.34. The topological polar surface area (TPSA) is 83.5 Å². The Balaban J connectivity index is 0.000000828. The van der Waals surface area contributed by atoms with Crippen molar-refractivity contribution in [1.82, 2.24) is 0 Å². The summed E-state index contributed by atoms with van der Waals surface area (Å²) in [5.74, 6) is 5.08. The van der Waals surface area contributed by atoms with Crippen LogP contribution in [-0.4, -0.2) is 19.3 Å². The van der Waals surface area contributed by atoms with Crippen LogP contribution < -0.4 is 53.2 Å². The van der Waals surface area contributed by atoms with Gasteiger partial charge in [0.25, 0.3) is 0 Å². The third-order valence-electron chi connectivity index (χ3n) is 6.55. The summed E-state index contributed by atoms with van der Waals surface area (Å²) in [6.07, 6.45) is 0. The van der Waals surface area contributed by atoms with Gasteiger partial charge in [-0.1, -0.05) is 108 Å². The van der Waals surface area contributed by atoms with Gasteiger partial charge in [-0.05, 0) is 90.0 Å². The van der Waals surface area contributed by atoms with Crippen molar-refractivity contribution >= 4 is 47.8 Å². The molecule has 282 valence electrons. The van der Waals surface area contributed by atoms with Crippen molar-refractivity contribution in [1.29, 1.82) is 0 Å². The molecule has 6 rings (SSSR count). The van der Waals surface area contributed by atoms with E-state index in [0.717, 1.165) is 59.0 Å². The summed E-state index contributed by atoms with van der Waals surface area (Å²) < 4.78 is 38.4. The average Bonchev–Trinajstić information content (AvgIpc) is 3.15. The second-order valence-electron chi connectivity index (χ2n) is 10.3. The number of para-hydroxylation sites is 2. The molecule has 0 fully saturated rings.